The van der Waals surface area contributed by atoms with Crippen LogP contribution in [0.1, 0.15) is 0 Å². The van der Waals surface area contributed by atoms with Crippen LogP contribution in [-0.2, 0) is 10.0 Å². The molecule has 0 saturated carbocycles. The molecule has 18 heavy (non-hydrogen) atoms. The fraction of sp³-hybridized carbons (Fsp3) is 0.0833. The van der Waals surface area contributed by atoms with E-state index in [9.17, 15) is 8.42 Å². The summed E-state index contributed by atoms with van der Waals surface area (Å²) in [5.41, 5.74) is 5.93. The highest BCUT2D eigenvalue weighted by atomic mass is 32.2. The molecule has 94 valence electrons. The summed E-state index contributed by atoms with van der Waals surface area (Å²) >= 11 is 0. The molecule has 0 aliphatic heterocycles. The van der Waals surface area contributed by atoms with Crippen LogP contribution in [0, 0.1) is 0 Å². The van der Waals surface area contributed by atoms with Gasteiger partial charge < -0.3 is 5.73 Å². The maximum Gasteiger partial charge on any atom is 0.264 e. The summed E-state index contributed by atoms with van der Waals surface area (Å²) in [5, 5.41) is 0. The molecule has 6 heteroatoms. The predicted octanol–water partition coefficient (Wildman–Crippen LogP) is 1.49. The van der Waals surface area contributed by atoms with Crippen LogP contribution in [0.5, 0.6) is 0 Å². The lowest BCUT2D eigenvalue weighted by molar-refractivity contribution is 0.594. The van der Waals surface area contributed by atoms with Crippen molar-refractivity contribution in [2.24, 2.45) is 0 Å². The van der Waals surface area contributed by atoms with Crippen LogP contribution in [0.3, 0.4) is 0 Å². The van der Waals surface area contributed by atoms with Crippen LogP contribution in [0.15, 0.2) is 53.6 Å². The normalized spacial score (nSPS) is 11.2. The van der Waals surface area contributed by atoms with Gasteiger partial charge in [0, 0.05) is 7.05 Å². The molecule has 0 atom stereocenters. The Morgan fingerprint density at radius 3 is 2.33 bits per heavy atom. The van der Waals surface area contributed by atoms with Gasteiger partial charge in [0.1, 0.15) is 5.82 Å². The second kappa shape index (κ2) is 4.66. The number of hydrogen-bond donors (Lipinski definition) is 1. The lowest BCUT2D eigenvalue weighted by Gasteiger charge is -2.19. The van der Waals surface area contributed by atoms with E-state index >= 15 is 0 Å². The number of sulfonamides is 1. The summed E-state index contributed by atoms with van der Waals surface area (Å²) in [5.74, 6) is 0.351. The van der Waals surface area contributed by atoms with Gasteiger partial charge in [0.25, 0.3) is 10.0 Å². The predicted molar refractivity (Wildman–Crippen MR) is 70.7 cm³/mol. The Kier molecular flexibility index (Phi) is 3.20. The Bertz CT molecular complexity index is 624. The molecular weight excluding hydrogens is 250 g/mol. The van der Waals surface area contributed by atoms with Gasteiger partial charge in [-0.1, -0.05) is 18.2 Å². The van der Waals surface area contributed by atoms with E-state index in [-0.39, 0.29) is 4.90 Å². The zero-order chi connectivity index (χ0) is 13.2. The monoisotopic (exact) mass is 263 g/mol. The molecule has 1 aromatic heterocycles. The molecule has 5 nitrogen and oxygen atoms in total. The minimum absolute atomic E-state index is 0.240. The van der Waals surface area contributed by atoms with E-state index in [1.165, 1.54) is 17.5 Å². The van der Waals surface area contributed by atoms with Crippen LogP contribution >= 0.6 is 0 Å². The molecule has 0 unspecified atom stereocenters. The third kappa shape index (κ3) is 2.28. The van der Waals surface area contributed by atoms with Crippen LogP contribution in [-0.4, -0.2) is 20.4 Å². The van der Waals surface area contributed by atoms with E-state index in [0.29, 0.717) is 11.5 Å². The van der Waals surface area contributed by atoms with Crippen molar-refractivity contribution >= 4 is 21.5 Å². The number of pyridine rings is 1. The average Bonchev–Trinajstić information content (AvgIpc) is 2.40. The van der Waals surface area contributed by atoms with Crippen LogP contribution in [0.25, 0.3) is 0 Å². The van der Waals surface area contributed by atoms with E-state index in [2.05, 4.69) is 4.98 Å². The van der Waals surface area contributed by atoms with Crippen LogP contribution in [0.2, 0.25) is 0 Å². The zero-order valence-electron chi connectivity index (χ0n) is 9.82. The van der Waals surface area contributed by atoms with Gasteiger partial charge in [-0.05, 0) is 24.3 Å². The number of aromatic nitrogens is 1. The summed E-state index contributed by atoms with van der Waals surface area (Å²) in [4.78, 5) is 4.12. The fourth-order valence-electron chi connectivity index (χ4n) is 1.47. The van der Waals surface area contributed by atoms with Crippen molar-refractivity contribution in [2.75, 3.05) is 17.1 Å². The second-order valence-corrected chi connectivity index (χ2v) is 5.70. The molecule has 0 bridgehead atoms. The second-order valence-electron chi connectivity index (χ2n) is 3.73. The number of anilines is 2. The van der Waals surface area contributed by atoms with Gasteiger partial charge in [-0.3, -0.25) is 4.31 Å². The molecule has 0 radical (unpaired) electrons. The smallest absolute Gasteiger partial charge is 0.264 e. The summed E-state index contributed by atoms with van der Waals surface area (Å²) < 4.78 is 25.7. The first-order chi connectivity index (χ1) is 8.51. The number of nitrogen functional groups attached to an aromatic ring is 1. The van der Waals surface area contributed by atoms with Crippen LogP contribution < -0.4 is 10.0 Å². The molecule has 0 spiro atoms. The van der Waals surface area contributed by atoms with Crippen LogP contribution in [0.4, 0.5) is 11.5 Å². The number of hydrogen-bond acceptors (Lipinski definition) is 4. The van der Waals surface area contributed by atoms with Crippen molar-refractivity contribution in [3.05, 3.63) is 48.7 Å². The molecule has 0 aliphatic rings. The average molecular weight is 263 g/mol. The summed E-state index contributed by atoms with van der Waals surface area (Å²) in [6, 6.07) is 11.4. The molecule has 2 aromatic rings. The van der Waals surface area contributed by atoms with Crippen molar-refractivity contribution in [2.45, 2.75) is 4.90 Å². The van der Waals surface area contributed by atoms with Gasteiger partial charge in [-0.2, -0.15) is 0 Å². The first-order valence-electron chi connectivity index (χ1n) is 5.27. The summed E-state index contributed by atoms with van der Waals surface area (Å²) in [7, 11) is -2.07. The molecule has 0 aliphatic carbocycles. The molecule has 0 amide bonds. The topological polar surface area (TPSA) is 76.3 Å². The number of nitrogens with two attached hydrogens (primary N) is 1. The molecule has 2 rings (SSSR count). The van der Waals surface area contributed by atoms with Crippen molar-refractivity contribution in [1.82, 2.24) is 4.98 Å². The Morgan fingerprint density at radius 2 is 1.78 bits per heavy atom. The highest BCUT2D eigenvalue weighted by Crippen LogP contribution is 2.21. The highest BCUT2D eigenvalue weighted by Gasteiger charge is 2.20. The van der Waals surface area contributed by atoms with Gasteiger partial charge in [-0.15, -0.1) is 0 Å². The Labute approximate surface area is 106 Å². The van der Waals surface area contributed by atoms with Gasteiger partial charge in [0.15, 0.2) is 0 Å². The third-order valence-corrected chi connectivity index (χ3v) is 4.34. The quantitative estimate of drug-likeness (QED) is 0.910. The first-order valence-corrected chi connectivity index (χ1v) is 6.71. The maximum absolute atomic E-state index is 12.3. The Hall–Kier alpha value is -2.08. The highest BCUT2D eigenvalue weighted by molar-refractivity contribution is 7.92. The lowest BCUT2D eigenvalue weighted by Crippen LogP contribution is -2.26. The van der Waals surface area contributed by atoms with E-state index in [0.717, 1.165) is 0 Å². The van der Waals surface area contributed by atoms with Crippen molar-refractivity contribution in [1.29, 1.82) is 0 Å². The van der Waals surface area contributed by atoms with Crippen molar-refractivity contribution < 1.29 is 8.42 Å². The SMILES string of the molecule is CN(c1ccc(N)nc1)S(=O)(=O)c1ccccc1. The molecule has 1 aromatic carbocycles. The van der Waals surface area contributed by atoms with Gasteiger partial charge in [0.05, 0.1) is 16.8 Å². The molecular formula is C12H13N3O2S. The van der Waals surface area contributed by atoms with E-state index in [1.54, 1.807) is 42.5 Å². The third-order valence-electron chi connectivity index (χ3n) is 2.54. The van der Waals surface area contributed by atoms with Gasteiger partial charge in [-0.25, -0.2) is 13.4 Å². The number of nitrogens with zero attached hydrogens (tertiary/aromatic N) is 2. The summed E-state index contributed by atoms with van der Waals surface area (Å²) in [6.45, 7) is 0. The molecule has 1 heterocycles. The van der Waals surface area contributed by atoms with Gasteiger partial charge in [0.2, 0.25) is 0 Å². The number of benzene rings is 1. The maximum atomic E-state index is 12.3. The minimum atomic E-state index is -3.55. The Balaban J connectivity index is 2.39. The van der Waals surface area contributed by atoms with Gasteiger partial charge >= 0.3 is 0 Å². The minimum Gasteiger partial charge on any atom is -0.384 e. The standard InChI is InChI=1S/C12H13N3O2S/c1-15(10-7-8-12(13)14-9-10)18(16,17)11-5-3-2-4-6-11/h2-9H,1H3,(H2,13,14). The van der Waals surface area contributed by atoms with Crippen molar-refractivity contribution in [3.8, 4) is 0 Å². The molecule has 2 N–H and O–H groups in total. The largest absolute Gasteiger partial charge is 0.384 e. The lowest BCUT2D eigenvalue weighted by atomic mass is 10.4. The van der Waals surface area contributed by atoms with E-state index in [4.69, 9.17) is 5.73 Å². The van der Waals surface area contributed by atoms with E-state index in [1.807, 2.05) is 0 Å². The van der Waals surface area contributed by atoms with E-state index < -0.39 is 10.0 Å². The first kappa shape index (κ1) is 12.4. The molecule has 0 fully saturated rings. The van der Waals surface area contributed by atoms with Crippen molar-refractivity contribution in [3.63, 3.8) is 0 Å². The molecule has 0 saturated heterocycles. The number of rotatable bonds is 3. The Morgan fingerprint density at radius 1 is 1.11 bits per heavy atom. The fourth-order valence-corrected chi connectivity index (χ4v) is 2.68. The summed E-state index contributed by atoms with van der Waals surface area (Å²) in [6.07, 6.45) is 1.43. The zero-order valence-corrected chi connectivity index (χ0v) is 10.6.